The minimum absolute atomic E-state index is 0. The van der Waals surface area contributed by atoms with Crippen molar-refractivity contribution in [1.29, 1.82) is 0 Å². The van der Waals surface area contributed by atoms with Gasteiger partial charge >= 0.3 is 0 Å². The van der Waals surface area contributed by atoms with Crippen molar-refractivity contribution >= 4 is 30.0 Å². The van der Waals surface area contributed by atoms with Crippen molar-refractivity contribution < 1.29 is 14.1 Å². The van der Waals surface area contributed by atoms with Gasteiger partial charge in [-0.25, -0.2) is 0 Å². The maximum Gasteiger partial charge on any atom is 0.245 e. The van der Waals surface area contributed by atoms with Crippen LogP contribution in [0.25, 0.3) is 0 Å². The lowest BCUT2D eigenvalue weighted by atomic mass is 10.0. The highest BCUT2D eigenvalue weighted by molar-refractivity contribution is 5.94. The number of hydrogen-bond acceptors (Lipinski definition) is 5. The first-order chi connectivity index (χ1) is 9.56. The molecule has 0 bridgehead atoms. The second kappa shape index (κ2) is 7.99. The summed E-state index contributed by atoms with van der Waals surface area (Å²) < 4.78 is 4.86. The fraction of sp³-hybridized carbons (Fsp3) is 0.615. The van der Waals surface area contributed by atoms with E-state index in [1.807, 2.05) is 0 Å². The monoisotopic (exact) mass is 316 g/mol. The normalized spacial score (nSPS) is 17.7. The van der Waals surface area contributed by atoms with Crippen LogP contribution in [0.5, 0.6) is 0 Å². The predicted molar refractivity (Wildman–Crippen MR) is 80.4 cm³/mol. The smallest absolute Gasteiger partial charge is 0.245 e. The number of rotatable bonds is 4. The molecular formula is C13H21ClN4O3. The van der Waals surface area contributed by atoms with Crippen LogP contribution in [0, 0.1) is 6.92 Å². The van der Waals surface area contributed by atoms with Gasteiger partial charge in [-0.15, -0.1) is 12.4 Å². The third-order valence-corrected chi connectivity index (χ3v) is 3.26. The van der Waals surface area contributed by atoms with Gasteiger partial charge in [-0.05, 0) is 26.3 Å². The molecule has 1 saturated heterocycles. The Balaban J connectivity index is 0.00000220. The first-order valence-electron chi connectivity index (χ1n) is 6.78. The van der Waals surface area contributed by atoms with Crippen LogP contribution in [0.15, 0.2) is 10.6 Å². The lowest BCUT2D eigenvalue weighted by molar-refractivity contribution is -0.135. The molecule has 2 amide bonds. The molecule has 0 aliphatic carbocycles. The average molecular weight is 317 g/mol. The molecule has 8 heteroatoms. The number of carbonyl (C=O) groups is 2. The molecule has 21 heavy (non-hydrogen) atoms. The molecule has 0 radical (unpaired) electrons. The molecule has 0 saturated carbocycles. The van der Waals surface area contributed by atoms with E-state index in [-0.39, 0.29) is 36.8 Å². The predicted octanol–water partition coefficient (Wildman–Crippen LogP) is 0.944. The molecular weight excluding hydrogens is 296 g/mol. The molecule has 2 heterocycles. The fourth-order valence-electron chi connectivity index (χ4n) is 2.23. The van der Waals surface area contributed by atoms with Gasteiger partial charge in [0.25, 0.3) is 0 Å². The summed E-state index contributed by atoms with van der Waals surface area (Å²) in [6, 6.07) is 1.46. The Kier molecular flexibility index (Phi) is 6.64. The molecule has 0 spiro atoms. The third-order valence-electron chi connectivity index (χ3n) is 3.26. The first-order valence-corrected chi connectivity index (χ1v) is 6.78. The van der Waals surface area contributed by atoms with E-state index in [9.17, 15) is 9.59 Å². The third kappa shape index (κ3) is 5.02. The maximum absolute atomic E-state index is 12.1. The number of carbonyl (C=O) groups excluding carboxylic acids is 2. The van der Waals surface area contributed by atoms with Crippen molar-refractivity contribution in [2.24, 2.45) is 0 Å². The van der Waals surface area contributed by atoms with Gasteiger partial charge in [0.05, 0.1) is 12.6 Å². The highest BCUT2D eigenvalue weighted by atomic mass is 35.5. The van der Waals surface area contributed by atoms with E-state index in [0.29, 0.717) is 11.6 Å². The Labute approximate surface area is 129 Å². The molecule has 1 aromatic rings. The standard InChI is InChI=1S/C13H20N4O3.ClH/c1-9-7-11(16-20-9)15-12(18)8-17(2)13(19)10-5-3-4-6-14-10;/h7,10,14H,3-6,8H2,1-2H3,(H,15,16,18);1H. The van der Waals surface area contributed by atoms with Crippen molar-refractivity contribution in [2.75, 3.05) is 25.5 Å². The number of aromatic nitrogens is 1. The minimum atomic E-state index is -0.287. The molecule has 0 aromatic carbocycles. The lowest BCUT2D eigenvalue weighted by Crippen LogP contribution is -2.49. The number of nitrogens with one attached hydrogen (secondary N) is 2. The van der Waals surface area contributed by atoms with E-state index < -0.39 is 0 Å². The van der Waals surface area contributed by atoms with Gasteiger partial charge in [0.2, 0.25) is 11.8 Å². The highest BCUT2D eigenvalue weighted by Crippen LogP contribution is 2.10. The van der Waals surface area contributed by atoms with Crippen LogP contribution in [0.1, 0.15) is 25.0 Å². The Morgan fingerprint density at radius 3 is 2.86 bits per heavy atom. The zero-order valence-corrected chi connectivity index (χ0v) is 13.0. The lowest BCUT2D eigenvalue weighted by Gasteiger charge is -2.27. The number of amides is 2. The average Bonchev–Trinajstić information content (AvgIpc) is 2.84. The molecule has 2 rings (SSSR count). The molecule has 1 fully saturated rings. The number of hydrogen-bond donors (Lipinski definition) is 2. The van der Waals surface area contributed by atoms with Crippen LogP contribution >= 0.6 is 12.4 Å². The van der Waals surface area contributed by atoms with E-state index in [2.05, 4.69) is 15.8 Å². The highest BCUT2D eigenvalue weighted by Gasteiger charge is 2.24. The number of piperidine rings is 1. The second-order valence-electron chi connectivity index (χ2n) is 5.07. The van der Waals surface area contributed by atoms with Crippen molar-refractivity contribution in [2.45, 2.75) is 32.2 Å². The van der Waals surface area contributed by atoms with E-state index in [1.54, 1.807) is 20.0 Å². The Morgan fingerprint density at radius 2 is 2.29 bits per heavy atom. The summed E-state index contributed by atoms with van der Waals surface area (Å²) in [6.07, 6.45) is 2.97. The van der Waals surface area contributed by atoms with Gasteiger partial charge in [0.1, 0.15) is 5.76 Å². The zero-order valence-electron chi connectivity index (χ0n) is 12.2. The maximum atomic E-state index is 12.1. The van der Waals surface area contributed by atoms with Crippen molar-refractivity contribution in [3.8, 4) is 0 Å². The summed E-state index contributed by atoms with van der Waals surface area (Å²) in [5.74, 6) is 0.654. The van der Waals surface area contributed by atoms with Crippen LogP contribution < -0.4 is 10.6 Å². The number of likely N-dealkylation sites (N-methyl/N-ethyl adjacent to an activating group) is 1. The topological polar surface area (TPSA) is 87.5 Å². The van der Waals surface area contributed by atoms with E-state index in [0.717, 1.165) is 25.8 Å². The number of halogens is 1. The molecule has 1 unspecified atom stereocenters. The summed E-state index contributed by atoms with van der Waals surface area (Å²) in [6.45, 7) is 2.60. The SMILES string of the molecule is Cc1cc(NC(=O)CN(C)C(=O)C2CCCCN2)no1.Cl. The van der Waals surface area contributed by atoms with Crippen LogP contribution in [-0.2, 0) is 9.59 Å². The summed E-state index contributed by atoms with van der Waals surface area (Å²) in [5.41, 5.74) is 0. The summed E-state index contributed by atoms with van der Waals surface area (Å²) in [7, 11) is 1.63. The molecule has 7 nitrogen and oxygen atoms in total. The molecule has 1 aromatic heterocycles. The number of nitrogens with zero attached hydrogens (tertiary/aromatic N) is 2. The molecule has 1 aliphatic rings. The van der Waals surface area contributed by atoms with Crippen molar-refractivity contribution in [1.82, 2.24) is 15.4 Å². The van der Waals surface area contributed by atoms with Crippen LogP contribution in [0.2, 0.25) is 0 Å². The van der Waals surface area contributed by atoms with Gasteiger partial charge in [0, 0.05) is 13.1 Å². The van der Waals surface area contributed by atoms with Gasteiger partial charge in [-0.2, -0.15) is 0 Å². The number of aryl methyl sites for hydroxylation is 1. The summed E-state index contributed by atoms with van der Waals surface area (Å²) >= 11 is 0. The quantitative estimate of drug-likeness (QED) is 0.863. The van der Waals surface area contributed by atoms with Gasteiger partial charge in [-0.3, -0.25) is 9.59 Å². The van der Waals surface area contributed by atoms with Crippen molar-refractivity contribution in [3.63, 3.8) is 0 Å². The zero-order chi connectivity index (χ0) is 14.5. The largest absolute Gasteiger partial charge is 0.360 e. The minimum Gasteiger partial charge on any atom is -0.360 e. The molecule has 118 valence electrons. The second-order valence-corrected chi connectivity index (χ2v) is 5.07. The number of anilines is 1. The fourth-order valence-corrected chi connectivity index (χ4v) is 2.23. The van der Waals surface area contributed by atoms with E-state index in [4.69, 9.17) is 4.52 Å². The Hall–Kier alpha value is -1.60. The van der Waals surface area contributed by atoms with Gasteiger partial charge in [-0.1, -0.05) is 11.6 Å². The van der Waals surface area contributed by atoms with E-state index in [1.165, 1.54) is 4.90 Å². The van der Waals surface area contributed by atoms with Gasteiger partial charge in [0.15, 0.2) is 5.82 Å². The first kappa shape index (κ1) is 17.5. The van der Waals surface area contributed by atoms with Crippen molar-refractivity contribution in [3.05, 3.63) is 11.8 Å². The molecule has 2 N–H and O–H groups in total. The molecule has 1 atom stereocenters. The Bertz CT molecular complexity index is 486. The van der Waals surface area contributed by atoms with Crippen LogP contribution in [0.3, 0.4) is 0 Å². The van der Waals surface area contributed by atoms with Crippen LogP contribution in [-0.4, -0.2) is 48.0 Å². The summed E-state index contributed by atoms with van der Waals surface area (Å²) in [4.78, 5) is 25.4. The van der Waals surface area contributed by atoms with Crippen LogP contribution in [0.4, 0.5) is 5.82 Å². The Morgan fingerprint density at radius 1 is 1.52 bits per heavy atom. The summed E-state index contributed by atoms with van der Waals surface area (Å²) in [5, 5.41) is 9.44. The molecule has 1 aliphatic heterocycles. The van der Waals surface area contributed by atoms with E-state index >= 15 is 0 Å². The van der Waals surface area contributed by atoms with Gasteiger partial charge < -0.3 is 20.1 Å².